The SMILES string of the molecule is CC(C(N)=O)c1ccc(C(C)(C)C)cc1. The molecule has 15 heavy (non-hydrogen) atoms. The first-order chi connectivity index (χ1) is 6.82. The molecule has 1 aromatic carbocycles. The van der Waals surface area contributed by atoms with E-state index in [2.05, 4.69) is 32.9 Å². The molecule has 2 N–H and O–H groups in total. The summed E-state index contributed by atoms with van der Waals surface area (Å²) in [5, 5.41) is 0. The summed E-state index contributed by atoms with van der Waals surface area (Å²) in [6.07, 6.45) is 0. The molecule has 0 aliphatic heterocycles. The van der Waals surface area contributed by atoms with E-state index in [1.54, 1.807) is 0 Å². The van der Waals surface area contributed by atoms with E-state index in [4.69, 9.17) is 5.73 Å². The van der Waals surface area contributed by atoms with E-state index in [1.165, 1.54) is 5.56 Å². The molecule has 0 aliphatic carbocycles. The van der Waals surface area contributed by atoms with E-state index in [-0.39, 0.29) is 17.2 Å². The minimum absolute atomic E-state index is 0.147. The van der Waals surface area contributed by atoms with Crippen LogP contribution in [0.2, 0.25) is 0 Å². The molecule has 1 amide bonds. The molecule has 0 saturated heterocycles. The average molecular weight is 205 g/mol. The summed E-state index contributed by atoms with van der Waals surface area (Å²) in [6, 6.07) is 8.09. The van der Waals surface area contributed by atoms with Gasteiger partial charge in [-0.2, -0.15) is 0 Å². The molecule has 0 aliphatic rings. The van der Waals surface area contributed by atoms with Crippen LogP contribution in [0.3, 0.4) is 0 Å². The number of hydrogen-bond donors (Lipinski definition) is 1. The second-order valence-electron chi connectivity index (χ2n) is 5.00. The summed E-state index contributed by atoms with van der Waals surface area (Å²) in [5.74, 6) is -0.488. The van der Waals surface area contributed by atoms with Gasteiger partial charge in [-0.25, -0.2) is 0 Å². The van der Waals surface area contributed by atoms with Crippen molar-refractivity contribution in [1.82, 2.24) is 0 Å². The summed E-state index contributed by atoms with van der Waals surface area (Å²) < 4.78 is 0. The highest BCUT2D eigenvalue weighted by Crippen LogP contribution is 2.24. The number of primary amides is 1. The maximum Gasteiger partial charge on any atom is 0.224 e. The van der Waals surface area contributed by atoms with Crippen LogP contribution in [0.25, 0.3) is 0 Å². The van der Waals surface area contributed by atoms with Crippen LogP contribution in [-0.2, 0) is 10.2 Å². The minimum Gasteiger partial charge on any atom is -0.369 e. The first-order valence-corrected chi connectivity index (χ1v) is 5.22. The van der Waals surface area contributed by atoms with Crippen molar-refractivity contribution in [3.05, 3.63) is 35.4 Å². The highest BCUT2D eigenvalue weighted by atomic mass is 16.1. The first kappa shape index (κ1) is 11.8. The zero-order valence-electron chi connectivity index (χ0n) is 9.87. The van der Waals surface area contributed by atoms with Gasteiger partial charge < -0.3 is 5.73 Å². The molecular weight excluding hydrogens is 186 g/mol. The monoisotopic (exact) mass is 205 g/mol. The lowest BCUT2D eigenvalue weighted by Crippen LogP contribution is -2.19. The largest absolute Gasteiger partial charge is 0.369 e. The van der Waals surface area contributed by atoms with Crippen molar-refractivity contribution in [2.24, 2.45) is 5.73 Å². The lowest BCUT2D eigenvalue weighted by atomic mass is 9.86. The van der Waals surface area contributed by atoms with Crippen molar-refractivity contribution < 1.29 is 4.79 Å². The smallest absolute Gasteiger partial charge is 0.224 e. The van der Waals surface area contributed by atoms with E-state index in [1.807, 2.05) is 19.1 Å². The van der Waals surface area contributed by atoms with Crippen molar-refractivity contribution in [3.63, 3.8) is 0 Å². The van der Waals surface area contributed by atoms with Crippen LogP contribution in [0.15, 0.2) is 24.3 Å². The normalized spacial score (nSPS) is 13.6. The Kier molecular flexibility index (Phi) is 3.18. The fraction of sp³-hybridized carbons (Fsp3) is 0.462. The van der Waals surface area contributed by atoms with Gasteiger partial charge in [0.15, 0.2) is 0 Å². The van der Waals surface area contributed by atoms with Crippen molar-refractivity contribution in [2.75, 3.05) is 0 Å². The second-order valence-corrected chi connectivity index (χ2v) is 5.00. The Labute approximate surface area is 91.5 Å². The summed E-state index contributed by atoms with van der Waals surface area (Å²) in [5.41, 5.74) is 7.65. The first-order valence-electron chi connectivity index (χ1n) is 5.22. The lowest BCUT2D eigenvalue weighted by molar-refractivity contribution is -0.119. The number of hydrogen-bond acceptors (Lipinski definition) is 1. The van der Waals surface area contributed by atoms with E-state index in [0.29, 0.717) is 0 Å². The maximum atomic E-state index is 11.0. The standard InChI is InChI=1S/C13H19NO/c1-9(12(14)15)10-5-7-11(8-6-10)13(2,3)4/h5-9H,1-4H3,(H2,14,15). The van der Waals surface area contributed by atoms with Gasteiger partial charge in [-0.1, -0.05) is 45.0 Å². The zero-order chi connectivity index (χ0) is 11.6. The van der Waals surface area contributed by atoms with Crippen molar-refractivity contribution in [2.45, 2.75) is 39.0 Å². The molecule has 1 atom stereocenters. The third-order valence-electron chi connectivity index (χ3n) is 2.70. The molecule has 0 saturated carbocycles. The molecule has 1 aromatic rings. The van der Waals surface area contributed by atoms with Crippen LogP contribution in [-0.4, -0.2) is 5.91 Å². The van der Waals surface area contributed by atoms with Crippen LogP contribution in [0, 0.1) is 0 Å². The van der Waals surface area contributed by atoms with Crippen molar-refractivity contribution in [1.29, 1.82) is 0 Å². The molecule has 0 spiro atoms. The molecule has 2 nitrogen and oxygen atoms in total. The predicted molar refractivity (Wildman–Crippen MR) is 62.8 cm³/mol. The number of carbonyl (C=O) groups is 1. The third kappa shape index (κ3) is 2.82. The van der Waals surface area contributed by atoms with Gasteiger partial charge in [0, 0.05) is 0 Å². The lowest BCUT2D eigenvalue weighted by Gasteiger charge is -2.19. The molecule has 0 aromatic heterocycles. The second kappa shape index (κ2) is 4.05. The van der Waals surface area contributed by atoms with Crippen molar-refractivity contribution in [3.8, 4) is 0 Å². The van der Waals surface area contributed by atoms with Gasteiger partial charge in [0.2, 0.25) is 5.91 Å². The van der Waals surface area contributed by atoms with E-state index >= 15 is 0 Å². The van der Waals surface area contributed by atoms with Crippen LogP contribution in [0.5, 0.6) is 0 Å². The van der Waals surface area contributed by atoms with Crippen molar-refractivity contribution >= 4 is 5.91 Å². The number of nitrogens with two attached hydrogens (primary N) is 1. The van der Waals surface area contributed by atoms with Gasteiger partial charge in [0.25, 0.3) is 0 Å². The van der Waals surface area contributed by atoms with Gasteiger partial charge in [0.1, 0.15) is 0 Å². The Hall–Kier alpha value is -1.31. The summed E-state index contributed by atoms with van der Waals surface area (Å²) >= 11 is 0. The van der Waals surface area contributed by atoms with Gasteiger partial charge >= 0.3 is 0 Å². The Morgan fingerprint density at radius 3 is 2.00 bits per heavy atom. The van der Waals surface area contributed by atoms with Gasteiger partial charge in [-0.3, -0.25) is 4.79 Å². The summed E-state index contributed by atoms with van der Waals surface area (Å²) in [4.78, 5) is 11.0. The van der Waals surface area contributed by atoms with Gasteiger partial charge in [0.05, 0.1) is 5.92 Å². The Bertz CT molecular complexity index is 346. The molecule has 0 radical (unpaired) electrons. The van der Waals surface area contributed by atoms with E-state index < -0.39 is 0 Å². The summed E-state index contributed by atoms with van der Waals surface area (Å²) in [7, 11) is 0. The van der Waals surface area contributed by atoms with Crippen LogP contribution in [0.1, 0.15) is 44.7 Å². The molecular formula is C13H19NO. The summed E-state index contributed by atoms with van der Waals surface area (Å²) in [6.45, 7) is 8.33. The van der Waals surface area contributed by atoms with Gasteiger partial charge in [-0.15, -0.1) is 0 Å². The molecule has 1 unspecified atom stereocenters. The molecule has 0 heterocycles. The van der Waals surface area contributed by atoms with Crippen LogP contribution in [0.4, 0.5) is 0 Å². The third-order valence-corrected chi connectivity index (χ3v) is 2.70. The van der Waals surface area contributed by atoms with Crippen LogP contribution < -0.4 is 5.73 Å². The topological polar surface area (TPSA) is 43.1 Å². The zero-order valence-corrected chi connectivity index (χ0v) is 9.87. The highest BCUT2D eigenvalue weighted by Gasteiger charge is 2.15. The van der Waals surface area contributed by atoms with Crippen LogP contribution >= 0.6 is 0 Å². The minimum atomic E-state index is -0.279. The average Bonchev–Trinajstić information content (AvgIpc) is 2.15. The fourth-order valence-corrected chi connectivity index (χ4v) is 1.44. The number of carbonyl (C=O) groups excluding carboxylic acids is 1. The number of amides is 1. The number of benzene rings is 1. The number of rotatable bonds is 2. The fourth-order valence-electron chi connectivity index (χ4n) is 1.44. The Morgan fingerprint density at radius 1 is 1.20 bits per heavy atom. The quantitative estimate of drug-likeness (QED) is 0.792. The Morgan fingerprint density at radius 2 is 1.67 bits per heavy atom. The molecule has 0 fully saturated rings. The molecule has 2 heteroatoms. The maximum absolute atomic E-state index is 11.0. The molecule has 0 bridgehead atoms. The highest BCUT2D eigenvalue weighted by molar-refractivity contribution is 5.81. The van der Waals surface area contributed by atoms with E-state index in [9.17, 15) is 4.79 Å². The van der Waals surface area contributed by atoms with E-state index in [0.717, 1.165) is 5.56 Å². The molecule has 82 valence electrons. The Balaban J connectivity index is 2.95. The van der Waals surface area contributed by atoms with Gasteiger partial charge in [-0.05, 0) is 23.5 Å². The molecule has 1 rings (SSSR count). The predicted octanol–water partition coefficient (Wildman–Crippen LogP) is 2.57.